The van der Waals surface area contributed by atoms with Crippen molar-refractivity contribution in [2.24, 2.45) is 5.92 Å². The number of carbonyl (C=O) groups excluding carboxylic acids is 9. The highest BCUT2D eigenvalue weighted by Crippen LogP contribution is 2.49. The van der Waals surface area contributed by atoms with Crippen molar-refractivity contribution in [3.8, 4) is 5.75 Å². The maximum absolute atomic E-state index is 14.5. The lowest BCUT2D eigenvalue weighted by Crippen LogP contribution is -2.55. The number of aromatic amines is 2. The first-order valence-corrected chi connectivity index (χ1v) is 30.9. The SMILES string of the molecule is Cc1csc2c(OC(=O)N3CCN(C)CC3)cc3c(c12)C(CCl)CN3C(=O)c1cc2cc(NC(=O)c3cc4cc(CCC(=O)CNC(=O)C(CC(C)C)NC(=O)C(Cc5ccccc5)NC(=O)CCCCCN5C(=O)C=CC5=O)ccc4[nH]3)ccc2[nH]1. The molecule has 0 bridgehead atoms. The number of H-pyrrole nitrogens is 2. The van der Waals surface area contributed by atoms with Gasteiger partial charge in [0, 0.05) is 121 Å². The second kappa shape index (κ2) is 27.4. The first kappa shape index (κ1) is 61.4. The summed E-state index contributed by atoms with van der Waals surface area (Å²) < 4.78 is 6.94. The minimum atomic E-state index is -0.994. The molecule has 4 aromatic carbocycles. The number of aryl methyl sites for hydroxylation is 2. The van der Waals surface area contributed by atoms with E-state index in [1.165, 1.54) is 23.5 Å². The van der Waals surface area contributed by atoms with Crippen molar-refractivity contribution >= 4 is 119 Å². The molecule has 3 atom stereocenters. The molecule has 454 valence electrons. The zero-order valence-corrected chi connectivity index (χ0v) is 50.7. The molecule has 10 rings (SSSR count). The number of nitrogens with zero attached hydrogens (tertiary/aromatic N) is 4. The van der Waals surface area contributed by atoms with Gasteiger partial charge in [0.2, 0.25) is 17.7 Å². The van der Waals surface area contributed by atoms with Crippen LogP contribution in [0.5, 0.6) is 5.75 Å². The summed E-state index contributed by atoms with van der Waals surface area (Å²) in [6.07, 6.45) is 4.69. The minimum absolute atomic E-state index is 0.00342. The molecule has 1 fully saturated rings. The van der Waals surface area contributed by atoms with Crippen LogP contribution in [0.1, 0.15) is 102 Å². The van der Waals surface area contributed by atoms with E-state index < -0.39 is 30.0 Å². The number of benzene rings is 4. The number of ether oxygens (including phenoxy) is 1. The Morgan fingerprint density at radius 2 is 1.48 bits per heavy atom. The number of unbranched alkanes of at least 4 members (excludes halogenated alkanes) is 2. The van der Waals surface area contributed by atoms with Crippen molar-refractivity contribution < 1.29 is 47.9 Å². The molecule has 6 N–H and O–H groups in total. The Labute approximate surface area is 512 Å². The molecule has 3 aliphatic rings. The summed E-state index contributed by atoms with van der Waals surface area (Å²) in [5.41, 5.74) is 6.83. The van der Waals surface area contributed by atoms with Crippen LogP contribution in [0.4, 0.5) is 16.2 Å². The van der Waals surface area contributed by atoms with Gasteiger partial charge in [-0.2, -0.15) is 0 Å². The number of nitrogens with one attached hydrogen (secondary N) is 6. The van der Waals surface area contributed by atoms with Crippen molar-refractivity contribution in [3.05, 3.63) is 136 Å². The fourth-order valence-electron chi connectivity index (χ4n) is 11.4. The molecule has 0 saturated carbocycles. The van der Waals surface area contributed by atoms with Gasteiger partial charge in [0.05, 0.1) is 16.9 Å². The number of amides is 8. The van der Waals surface area contributed by atoms with Crippen molar-refractivity contribution in [3.63, 3.8) is 0 Å². The summed E-state index contributed by atoms with van der Waals surface area (Å²) in [7, 11) is 2.02. The molecule has 1 saturated heterocycles. The van der Waals surface area contributed by atoms with E-state index in [0.29, 0.717) is 90.2 Å². The van der Waals surface area contributed by atoms with Crippen LogP contribution in [0.3, 0.4) is 0 Å². The molecule has 6 heterocycles. The van der Waals surface area contributed by atoms with Crippen molar-refractivity contribution in [2.75, 3.05) is 69.0 Å². The third kappa shape index (κ3) is 14.6. The topological polar surface area (TPSA) is 256 Å². The highest BCUT2D eigenvalue weighted by molar-refractivity contribution is 7.17. The minimum Gasteiger partial charge on any atom is -0.409 e. The Balaban J connectivity index is 0.722. The fourth-order valence-corrected chi connectivity index (χ4v) is 12.7. The van der Waals surface area contributed by atoms with Crippen LogP contribution in [0.15, 0.2) is 102 Å². The summed E-state index contributed by atoms with van der Waals surface area (Å²) in [5.74, 6) is -2.47. The fraction of sp³-hybridized carbons (Fsp3) is 0.369. The molecule has 22 heteroatoms. The second-order valence-corrected chi connectivity index (χ2v) is 24.3. The number of hydrogen-bond acceptors (Lipinski definition) is 12. The van der Waals surface area contributed by atoms with Gasteiger partial charge in [-0.25, -0.2) is 4.79 Å². The van der Waals surface area contributed by atoms with Crippen LogP contribution in [0.2, 0.25) is 0 Å². The van der Waals surface area contributed by atoms with E-state index in [2.05, 4.69) is 36.1 Å². The van der Waals surface area contributed by atoms with Gasteiger partial charge in [-0.1, -0.05) is 56.7 Å². The van der Waals surface area contributed by atoms with Gasteiger partial charge in [0.25, 0.3) is 23.6 Å². The summed E-state index contributed by atoms with van der Waals surface area (Å²) in [6.45, 7) is 8.79. The molecule has 8 amide bonds. The predicted molar refractivity (Wildman–Crippen MR) is 335 cm³/mol. The average Bonchev–Trinajstić information content (AvgIpc) is 1.72. The number of rotatable bonds is 24. The first-order valence-electron chi connectivity index (χ1n) is 29.5. The number of thiophene rings is 1. The predicted octanol–water partition coefficient (Wildman–Crippen LogP) is 8.52. The second-order valence-electron chi connectivity index (χ2n) is 23.1. The standard InChI is InChI=1S/C65H71ClN10O10S/c1-38(2)27-49(72-63(83)50(29-40-11-7-5-8-12-40)71-55(78)13-9-6-10-22-75-56(79)20-21-57(75)80)61(81)67-35-46(77)17-14-41-15-18-47-42(28-41)31-51(69-47)62(82)68-45-16-19-48-43(30-45)32-52(70-48)64(84)76-36-44(34-66)59-53(76)33-54(60-58(59)39(3)37-87-60)86-65(85)74-25-23-73(4)24-26-74/h5,7-8,11-12,15-16,18-21,28,30-33,37-38,44,49-50,69-70H,6,9-10,13-14,17,22-27,29,34-36H2,1-4H3,(H,67,81)(H,68,82)(H,71,78)(H,72,83). The number of alkyl halides is 1. The number of hydrogen-bond donors (Lipinski definition) is 6. The number of Topliss-reactive ketones (excluding diaryl/α,β-unsaturated/α-hetero) is 1. The number of likely N-dealkylation sites (N-methyl/N-ethyl adjacent to an activating group) is 1. The molecule has 0 spiro atoms. The lowest BCUT2D eigenvalue weighted by atomic mass is 9.97. The zero-order chi connectivity index (χ0) is 61.5. The Morgan fingerprint density at radius 1 is 0.770 bits per heavy atom. The number of halogens is 1. The van der Waals surface area contributed by atoms with Gasteiger partial charge in [-0.05, 0) is 116 Å². The van der Waals surface area contributed by atoms with Crippen LogP contribution in [-0.4, -0.2) is 149 Å². The van der Waals surface area contributed by atoms with Gasteiger partial charge in [0.15, 0.2) is 11.5 Å². The smallest absolute Gasteiger partial charge is 0.409 e. The molecule has 20 nitrogen and oxygen atoms in total. The zero-order valence-electron chi connectivity index (χ0n) is 49.1. The highest BCUT2D eigenvalue weighted by Gasteiger charge is 2.38. The van der Waals surface area contributed by atoms with Crippen LogP contribution in [-0.2, 0) is 41.6 Å². The van der Waals surface area contributed by atoms with Gasteiger partial charge in [-0.3, -0.25) is 43.3 Å². The van der Waals surface area contributed by atoms with E-state index in [1.807, 2.05) is 81.7 Å². The number of anilines is 2. The number of imide groups is 1. The largest absolute Gasteiger partial charge is 0.415 e. The van der Waals surface area contributed by atoms with E-state index in [9.17, 15) is 43.2 Å². The summed E-state index contributed by atoms with van der Waals surface area (Å²) in [5, 5.41) is 15.8. The summed E-state index contributed by atoms with van der Waals surface area (Å²) in [4.78, 5) is 133. The average molecular weight is 1220 g/mol. The van der Waals surface area contributed by atoms with E-state index in [1.54, 1.807) is 46.2 Å². The number of piperazine rings is 1. The lowest BCUT2D eigenvalue weighted by molar-refractivity contribution is -0.137. The van der Waals surface area contributed by atoms with Crippen LogP contribution in [0.25, 0.3) is 31.9 Å². The maximum atomic E-state index is 14.5. The monoisotopic (exact) mass is 1220 g/mol. The molecule has 3 unspecified atom stereocenters. The lowest BCUT2D eigenvalue weighted by Gasteiger charge is -2.31. The van der Waals surface area contributed by atoms with Crippen LogP contribution < -0.4 is 30.9 Å². The molecule has 3 aromatic heterocycles. The Kier molecular flexibility index (Phi) is 19.3. The molecular weight excluding hydrogens is 1150 g/mol. The molecular formula is C65H71ClN10O10S. The number of carbonyl (C=O) groups is 9. The Morgan fingerprint density at radius 3 is 2.22 bits per heavy atom. The molecule has 0 radical (unpaired) electrons. The molecule has 0 aliphatic carbocycles. The summed E-state index contributed by atoms with van der Waals surface area (Å²) >= 11 is 8.11. The molecule has 3 aliphatic heterocycles. The maximum Gasteiger partial charge on any atom is 0.415 e. The van der Waals surface area contributed by atoms with Gasteiger partial charge in [-0.15, -0.1) is 22.9 Å². The third-order valence-corrected chi connectivity index (χ3v) is 17.6. The van der Waals surface area contributed by atoms with Crippen molar-refractivity contribution in [2.45, 2.75) is 90.1 Å². The van der Waals surface area contributed by atoms with Gasteiger partial charge < -0.3 is 50.7 Å². The van der Waals surface area contributed by atoms with E-state index in [-0.39, 0.29) is 91.8 Å². The van der Waals surface area contributed by atoms with Crippen LogP contribution >= 0.6 is 22.9 Å². The van der Waals surface area contributed by atoms with E-state index in [0.717, 1.165) is 55.7 Å². The molecule has 87 heavy (non-hydrogen) atoms. The van der Waals surface area contributed by atoms with E-state index >= 15 is 0 Å². The Hall–Kier alpha value is -8.66. The number of fused-ring (bicyclic) bond motifs is 5. The molecule has 7 aromatic rings. The highest BCUT2D eigenvalue weighted by atomic mass is 35.5. The van der Waals surface area contributed by atoms with Crippen molar-refractivity contribution in [1.82, 2.24) is 40.6 Å². The Bertz CT molecular complexity index is 3810. The van der Waals surface area contributed by atoms with Crippen LogP contribution in [0, 0.1) is 12.8 Å². The normalized spacial score (nSPS) is 15.8. The number of aromatic nitrogens is 2. The first-order chi connectivity index (χ1) is 41.9. The third-order valence-electron chi connectivity index (χ3n) is 16.2. The van der Waals surface area contributed by atoms with Gasteiger partial charge in [0.1, 0.15) is 23.5 Å². The quantitative estimate of drug-likeness (QED) is 0.0190. The number of ketones is 1. The summed E-state index contributed by atoms with van der Waals surface area (Å²) in [6, 6.07) is 23.5. The van der Waals surface area contributed by atoms with Gasteiger partial charge >= 0.3 is 6.09 Å². The van der Waals surface area contributed by atoms with E-state index in [4.69, 9.17) is 16.3 Å². The van der Waals surface area contributed by atoms with Crippen molar-refractivity contribution in [1.29, 1.82) is 0 Å².